The molecule has 10 aromatic carbocycles. The van der Waals surface area contributed by atoms with Gasteiger partial charge in [-0.05, 0) is 105 Å². The fourth-order valence-corrected chi connectivity index (χ4v) is 10.7. The zero-order valence-corrected chi connectivity index (χ0v) is 33.7. The van der Waals surface area contributed by atoms with Gasteiger partial charge < -0.3 is 13.9 Å². The molecule has 0 unspecified atom stereocenters. The van der Waals surface area contributed by atoms with Crippen LogP contribution in [0.3, 0.4) is 0 Å². The summed E-state index contributed by atoms with van der Waals surface area (Å²) in [7, 11) is 0. The van der Waals surface area contributed by atoms with Crippen molar-refractivity contribution in [2.24, 2.45) is 0 Å². The van der Waals surface area contributed by atoms with E-state index in [-0.39, 0.29) is 0 Å². The minimum Gasteiger partial charge on any atom is -0.455 e. The van der Waals surface area contributed by atoms with E-state index < -0.39 is 5.41 Å². The smallest absolute Gasteiger partial charge is 0.143 e. The fraction of sp³-hybridized carbons (Fsp3) is 0.0169. The summed E-state index contributed by atoms with van der Waals surface area (Å²) in [5.74, 6) is 0. The summed E-state index contributed by atoms with van der Waals surface area (Å²) in [5, 5.41) is 6.95. The van der Waals surface area contributed by atoms with Gasteiger partial charge >= 0.3 is 0 Å². The number of fused-ring (bicyclic) bond motifs is 11. The first-order chi connectivity index (χ1) is 30.8. The van der Waals surface area contributed by atoms with Gasteiger partial charge in [0.15, 0.2) is 0 Å². The second-order valence-corrected chi connectivity index (χ2v) is 16.4. The highest BCUT2D eigenvalue weighted by Crippen LogP contribution is 2.57. The van der Waals surface area contributed by atoms with Crippen molar-refractivity contribution >= 4 is 71.6 Å². The molecule has 0 saturated carbocycles. The lowest BCUT2D eigenvalue weighted by Gasteiger charge is -2.35. The van der Waals surface area contributed by atoms with Crippen LogP contribution >= 0.6 is 0 Å². The summed E-state index contributed by atoms with van der Waals surface area (Å²) in [6, 6.07) is 84.1. The molecule has 0 amide bonds. The molecule has 0 aliphatic heterocycles. The van der Waals surface area contributed by atoms with Crippen LogP contribution < -0.4 is 4.90 Å². The van der Waals surface area contributed by atoms with Crippen LogP contribution in [0.2, 0.25) is 0 Å². The predicted octanol–water partition coefficient (Wildman–Crippen LogP) is 15.7. The second-order valence-electron chi connectivity index (χ2n) is 16.4. The molecule has 2 heterocycles. The highest BCUT2D eigenvalue weighted by atomic mass is 16.3. The molecule has 3 heteroatoms. The first-order valence-electron chi connectivity index (χ1n) is 21.3. The second kappa shape index (κ2) is 13.4. The van der Waals surface area contributed by atoms with E-state index in [1.54, 1.807) is 0 Å². The molecule has 1 aliphatic carbocycles. The third kappa shape index (κ3) is 4.88. The molecule has 3 nitrogen and oxygen atoms in total. The molecule has 2 aromatic heterocycles. The topological polar surface area (TPSA) is 21.3 Å². The zero-order chi connectivity index (χ0) is 40.8. The van der Waals surface area contributed by atoms with E-state index in [0.29, 0.717) is 0 Å². The molecule has 0 bridgehead atoms. The normalized spacial score (nSPS) is 13.0. The lowest BCUT2D eigenvalue weighted by atomic mass is 9.67. The van der Waals surface area contributed by atoms with Crippen molar-refractivity contribution < 1.29 is 4.42 Å². The molecule has 0 atom stereocenters. The van der Waals surface area contributed by atoms with Crippen LogP contribution in [-0.4, -0.2) is 4.57 Å². The molecule has 12 aromatic rings. The van der Waals surface area contributed by atoms with Crippen LogP contribution in [0.4, 0.5) is 17.1 Å². The van der Waals surface area contributed by atoms with Gasteiger partial charge in [-0.1, -0.05) is 164 Å². The average Bonchev–Trinajstić information content (AvgIpc) is 4.00. The molecule has 0 N–H and O–H groups in total. The third-order valence-electron chi connectivity index (χ3n) is 13.3. The third-order valence-corrected chi connectivity index (χ3v) is 13.3. The van der Waals surface area contributed by atoms with Crippen LogP contribution in [0.5, 0.6) is 0 Å². The molecule has 0 saturated heterocycles. The van der Waals surface area contributed by atoms with E-state index in [2.05, 4.69) is 240 Å². The Labute approximate surface area is 359 Å². The number of anilines is 3. The summed E-state index contributed by atoms with van der Waals surface area (Å²) in [6.07, 6.45) is 0. The fourth-order valence-electron chi connectivity index (χ4n) is 10.7. The van der Waals surface area contributed by atoms with Crippen molar-refractivity contribution in [3.63, 3.8) is 0 Å². The van der Waals surface area contributed by atoms with E-state index in [9.17, 15) is 0 Å². The number of para-hydroxylation sites is 2. The summed E-state index contributed by atoms with van der Waals surface area (Å²) in [6.45, 7) is 0. The number of nitrogens with zero attached hydrogens (tertiary/aromatic N) is 2. The summed E-state index contributed by atoms with van der Waals surface area (Å²) < 4.78 is 9.20. The van der Waals surface area contributed by atoms with Gasteiger partial charge in [0, 0.05) is 38.6 Å². The predicted molar refractivity (Wildman–Crippen MR) is 258 cm³/mol. The quantitative estimate of drug-likeness (QED) is 0.167. The first kappa shape index (κ1) is 34.7. The SMILES string of the molecule is c1ccc(C2(c3ccccc3)c3ccccc3-c3ccc(N(c4ccc(-n5c6ccccc6c6ccccc65)cc4)c4cccc5oc6c7ccccc7ccc6c45)cc32)cc1. The van der Waals surface area contributed by atoms with Crippen LogP contribution in [0, 0.1) is 0 Å². The Morgan fingerprint density at radius 2 is 1.00 bits per heavy atom. The van der Waals surface area contributed by atoms with Gasteiger partial charge in [0.2, 0.25) is 0 Å². The van der Waals surface area contributed by atoms with Crippen LogP contribution in [0.25, 0.3) is 71.3 Å². The number of furan rings is 1. The molecular formula is C59H38N2O. The van der Waals surface area contributed by atoms with Gasteiger partial charge in [-0.3, -0.25) is 0 Å². The number of rotatable bonds is 6. The van der Waals surface area contributed by atoms with Gasteiger partial charge in [-0.15, -0.1) is 0 Å². The number of hydrogen-bond acceptors (Lipinski definition) is 2. The lowest BCUT2D eigenvalue weighted by Crippen LogP contribution is -2.28. The maximum atomic E-state index is 6.81. The van der Waals surface area contributed by atoms with Crippen molar-refractivity contribution in [1.29, 1.82) is 0 Å². The van der Waals surface area contributed by atoms with Crippen LogP contribution in [-0.2, 0) is 5.41 Å². The van der Waals surface area contributed by atoms with E-state index in [0.717, 1.165) is 55.5 Å². The van der Waals surface area contributed by atoms with Gasteiger partial charge in [0.25, 0.3) is 0 Å². The van der Waals surface area contributed by atoms with E-state index in [1.165, 1.54) is 55.2 Å². The number of benzene rings is 10. The van der Waals surface area contributed by atoms with Gasteiger partial charge in [0.05, 0.1) is 27.5 Å². The molecule has 290 valence electrons. The van der Waals surface area contributed by atoms with Gasteiger partial charge in [-0.2, -0.15) is 0 Å². The van der Waals surface area contributed by atoms with Crippen molar-refractivity contribution in [1.82, 2.24) is 4.57 Å². The Hall–Kier alpha value is -8.14. The highest BCUT2D eigenvalue weighted by Gasteiger charge is 2.46. The van der Waals surface area contributed by atoms with Crippen LogP contribution in [0.1, 0.15) is 22.3 Å². The Balaban J connectivity index is 1.08. The Morgan fingerprint density at radius 1 is 0.403 bits per heavy atom. The molecule has 0 spiro atoms. The van der Waals surface area contributed by atoms with Crippen molar-refractivity contribution in [3.05, 3.63) is 253 Å². The Morgan fingerprint density at radius 3 is 1.73 bits per heavy atom. The average molecular weight is 791 g/mol. The summed E-state index contributed by atoms with van der Waals surface area (Å²) >= 11 is 0. The van der Waals surface area contributed by atoms with E-state index >= 15 is 0 Å². The first-order valence-corrected chi connectivity index (χ1v) is 21.3. The Kier molecular flexibility index (Phi) is 7.52. The molecule has 62 heavy (non-hydrogen) atoms. The minimum absolute atomic E-state index is 0.538. The lowest BCUT2D eigenvalue weighted by molar-refractivity contribution is 0.672. The Bertz CT molecular complexity index is 3600. The van der Waals surface area contributed by atoms with E-state index in [4.69, 9.17) is 4.42 Å². The molecule has 0 radical (unpaired) electrons. The number of hydrogen-bond donors (Lipinski definition) is 0. The van der Waals surface area contributed by atoms with Crippen molar-refractivity contribution in [3.8, 4) is 16.8 Å². The van der Waals surface area contributed by atoms with Gasteiger partial charge in [-0.25, -0.2) is 0 Å². The van der Waals surface area contributed by atoms with Crippen molar-refractivity contribution in [2.45, 2.75) is 5.41 Å². The largest absolute Gasteiger partial charge is 0.455 e. The monoisotopic (exact) mass is 790 g/mol. The molecule has 1 aliphatic rings. The zero-order valence-electron chi connectivity index (χ0n) is 33.7. The summed E-state index contributed by atoms with van der Waals surface area (Å²) in [4.78, 5) is 2.44. The molecule has 13 rings (SSSR count). The van der Waals surface area contributed by atoms with Crippen molar-refractivity contribution in [2.75, 3.05) is 4.90 Å². The maximum absolute atomic E-state index is 6.81. The molecular weight excluding hydrogens is 753 g/mol. The maximum Gasteiger partial charge on any atom is 0.143 e. The molecule has 0 fully saturated rings. The van der Waals surface area contributed by atoms with Gasteiger partial charge in [0.1, 0.15) is 11.2 Å². The van der Waals surface area contributed by atoms with Crippen LogP contribution in [0.15, 0.2) is 235 Å². The standard InChI is InChI=1S/C59H38N2O/c1-3-17-40(18-4-1)59(41-19-5-2-6-20-41)51-25-12-9-22-46(51)47-37-35-44(38-52(47)59)60(55-28-15-29-56-57(55)50-36-30-39-16-7-8-21-45(39)58(50)62-56)42-31-33-43(34-32-42)61-53-26-13-10-23-48(53)49-24-11-14-27-54(49)61/h1-38H. The minimum atomic E-state index is -0.538. The van der Waals surface area contributed by atoms with E-state index in [1.807, 2.05) is 0 Å². The highest BCUT2D eigenvalue weighted by molar-refractivity contribution is 6.19. The summed E-state index contributed by atoms with van der Waals surface area (Å²) in [5.41, 5.74) is 15.4. The number of aromatic nitrogens is 1.